The van der Waals surface area contributed by atoms with E-state index in [1.807, 2.05) is 12.1 Å². The highest BCUT2D eigenvalue weighted by Gasteiger charge is 2.24. The quantitative estimate of drug-likeness (QED) is 0.701. The summed E-state index contributed by atoms with van der Waals surface area (Å²) < 4.78 is 6.93. The Hall–Kier alpha value is -2.38. The molecule has 2 aromatic heterocycles. The van der Waals surface area contributed by atoms with Gasteiger partial charge >= 0.3 is 0 Å². The van der Waals surface area contributed by atoms with Gasteiger partial charge in [-0.3, -0.25) is 0 Å². The normalized spacial score (nSPS) is 17.0. The molecule has 0 saturated carbocycles. The molecule has 1 fully saturated rings. The molecule has 0 bridgehead atoms. The molecule has 1 aliphatic heterocycles. The Morgan fingerprint density at radius 1 is 1.33 bits per heavy atom. The molecule has 3 aromatic rings. The molecule has 1 saturated heterocycles. The lowest BCUT2D eigenvalue weighted by atomic mass is 10.1. The van der Waals surface area contributed by atoms with Crippen LogP contribution in [-0.4, -0.2) is 46.3 Å². The van der Waals surface area contributed by atoms with Crippen LogP contribution in [0.2, 0.25) is 5.02 Å². The minimum atomic E-state index is 0.448. The molecule has 1 atom stereocenters. The Morgan fingerprint density at radius 3 is 3.07 bits per heavy atom. The number of rotatable bonds is 6. The fraction of sp³-hybridized carbons (Fsp3) is 0.421. The summed E-state index contributed by atoms with van der Waals surface area (Å²) in [7, 11) is 1.66. The van der Waals surface area contributed by atoms with Crippen LogP contribution in [0.25, 0.3) is 5.78 Å². The predicted molar refractivity (Wildman–Crippen MR) is 106 cm³/mol. The van der Waals surface area contributed by atoms with Crippen molar-refractivity contribution in [2.75, 3.05) is 37.0 Å². The van der Waals surface area contributed by atoms with E-state index < -0.39 is 0 Å². The number of hydrogen-bond donors (Lipinski definition) is 1. The highest BCUT2D eigenvalue weighted by atomic mass is 35.5. The molecule has 142 valence electrons. The molecule has 8 heteroatoms. The summed E-state index contributed by atoms with van der Waals surface area (Å²) in [5, 5.41) is 8.57. The molecular formula is C19H23ClN6O. The van der Waals surface area contributed by atoms with Gasteiger partial charge in [0.15, 0.2) is 0 Å². The topological polar surface area (TPSA) is 67.6 Å². The van der Waals surface area contributed by atoms with Crippen molar-refractivity contribution in [3.8, 4) is 0 Å². The summed E-state index contributed by atoms with van der Waals surface area (Å²) in [6.45, 7) is 5.49. The van der Waals surface area contributed by atoms with E-state index in [-0.39, 0.29) is 0 Å². The number of ether oxygens (including phenoxy) is 1. The third-order valence-electron chi connectivity index (χ3n) is 4.97. The smallest absolute Gasteiger partial charge is 0.254 e. The summed E-state index contributed by atoms with van der Waals surface area (Å²) in [4.78, 5) is 11.1. The van der Waals surface area contributed by atoms with Crippen LogP contribution in [0.5, 0.6) is 0 Å². The number of hydrogen-bond acceptors (Lipinski definition) is 6. The monoisotopic (exact) mass is 386 g/mol. The van der Waals surface area contributed by atoms with Crippen molar-refractivity contribution < 1.29 is 4.74 Å². The number of anilines is 2. The maximum absolute atomic E-state index is 6.19. The van der Waals surface area contributed by atoms with Gasteiger partial charge in [-0.1, -0.05) is 17.7 Å². The number of aromatic nitrogens is 4. The van der Waals surface area contributed by atoms with E-state index in [2.05, 4.69) is 44.3 Å². The molecule has 0 aliphatic carbocycles. The van der Waals surface area contributed by atoms with Gasteiger partial charge in [0.25, 0.3) is 5.78 Å². The van der Waals surface area contributed by atoms with Crippen LogP contribution in [0.3, 0.4) is 0 Å². The van der Waals surface area contributed by atoms with Crippen molar-refractivity contribution in [3.63, 3.8) is 0 Å². The average molecular weight is 387 g/mol. The van der Waals surface area contributed by atoms with Gasteiger partial charge in [0.05, 0.1) is 12.3 Å². The van der Waals surface area contributed by atoms with Gasteiger partial charge in [-0.2, -0.15) is 14.6 Å². The van der Waals surface area contributed by atoms with Gasteiger partial charge in [-0.25, -0.2) is 4.98 Å². The van der Waals surface area contributed by atoms with E-state index in [1.165, 1.54) is 17.6 Å². The molecule has 1 aromatic carbocycles. The van der Waals surface area contributed by atoms with E-state index in [0.29, 0.717) is 18.3 Å². The van der Waals surface area contributed by atoms with E-state index >= 15 is 0 Å². The van der Waals surface area contributed by atoms with Crippen LogP contribution in [0.4, 0.5) is 11.5 Å². The molecule has 1 N–H and O–H groups in total. The molecule has 0 radical (unpaired) electrons. The van der Waals surface area contributed by atoms with Gasteiger partial charge in [0, 0.05) is 43.5 Å². The van der Waals surface area contributed by atoms with Crippen LogP contribution < -0.4 is 10.2 Å². The molecule has 1 aliphatic rings. The number of halogens is 1. The lowest BCUT2D eigenvalue weighted by molar-refractivity contribution is 0.181. The zero-order chi connectivity index (χ0) is 18.8. The molecular weight excluding hydrogens is 364 g/mol. The van der Waals surface area contributed by atoms with Crippen LogP contribution in [0.1, 0.15) is 17.7 Å². The van der Waals surface area contributed by atoms with Crippen molar-refractivity contribution in [3.05, 3.63) is 46.9 Å². The van der Waals surface area contributed by atoms with Gasteiger partial charge in [-0.05, 0) is 37.0 Å². The molecule has 7 nitrogen and oxygen atoms in total. The third kappa shape index (κ3) is 3.84. The Morgan fingerprint density at radius 2 is 2.22 bits per heavy atom. The minimum Gasteiger partial charge on any atom is -0.378 e. The summed E-state index contributed by atoms with van der Waals surface area (Å²) in [5.41, 5.74) is 3.33. The van der Waals surface area contributed by atoms with Gasteiger partial charge < -0.3 is 15.0 Å². The summed E-state index contributed by atoms with van der Waals surface area (Å²) in [6.07, 6.45) is 2.65. The van der Waals surface area contributed by atoms with Crippen molar-refractivity contribution >= 4 is 28.9 Å². The molecule has 27 heavy (non-hydrogen) atoms. The standard InChI is InChI=1S/C19H23ClN6O/c1-13-3-4-15(20)7-17(13)25-6-5-14(10-25)9-21-18-8-16(11-27-2)24-19-22-12-23-26(18)19/h3-4,7-8,12,14,21H,5-6,9-11H2,1-2H3. The second-order valence-corrected chi connectivity index (χ2v) is 7.39. The lowest BCUT2D eigenvalue weighted by Crippen LogP contribution is -2.23. The van der Waals surface area contributed by atoms with Crippen LogP contribution >= 0.6 is 11.6 Å². The average Bonchev–Trinajstić information content (AvgIpc) is 3.31. The maximum atomic E-state index is 6.19. The van der Waals surface area contributed by atoms with Crippen molar-refractivity contribution in [2.45, 2.75) is 20.0 Å². The van der Waals surface area contributed by atoms with E-state index in [1.54, 1.807) is 11.6 Å². The van der Waals surface area contributed by atoms with Gasteiger partial charge in [-0.15, -0.1) is 0 Å². The first-order valence-electron chi connectivity index (χ1n) is 9.07. The largest absolute Gasteiger partial charge is 0.378 e. The first-order valence-corrected chi connectivity index (χ1v) is 9.45. The number of nitrogens with one attached hydrogen (secondary N) is 1. The first kappa shape index (κ1) is 18.0. The lowest BCUT2D eigenvalue weighted by Gasteiger charge is -2.21. The van der Waals surface area contributed by atoms with Crippen molar-refractivity contribution in [1.29, 1.82) is 0 Å². The molecule has 0 spiro atoms. The van der Waals surface area contributed by atoms with Crippen molar-refractivity contribution in [1.82, 2.24) is 19.6 Å². The summed E-state index contributed by atoms with van der Waals surface area (Å²) in [5.74, 6) is 2.01. The van der Waals surface area contributed by atoms with Crippen LogP contribution in [-0.2, 0) is 11.3 Å². The number of nitrogens with zero attached hydrogens (tertiary/aromatic N) is 5. The van der Waals surface area contributed by atoms with Gasteiger partial charge in [0.1, 0.15) is 12.1 Å². The summed E-state index contributed by atoms with van der Waals surface area (Å²) >= 11 is 6.19. The molecule has 1 unspecified atom stereocenters. The molecule has 4 rings (SSSR count). The Balaban J connectivity index is 1.45. The zero-order valence-corrected chi connectivity index (χ0v) is 16.3. The third-order valence-corrected chi connectivity index (χ3v) is 5.20. The van der Waals surface area contributed by atoms with Crippen LogP contribution in [0.15, 0.2) is 30.6 Å². The predicted octanol–water partition coefficient (Wildman–Crippen LogP) is 3.17. The number of benzene rings is 1. The van der Waals surface area contributed by atoms with E-state index in [9.17, 15) is 0 Å². The number of fused-ring (bicyclic) bond motifs is 1. The van der Waals surface area contributed by atoms with Crippen molar-refractivity contribution in [2.24, 2.45) is 5.92 Å². The first-order chi connectivity index (χ1) is 13.1. The van der Waals surface area contributed by atoms with Gasteiger partial charge in [0.2, 0.25) is 0 Å². The molecule has 0 amide bonds. The Bertz CT molecular complexity index is 943. The maximum Gasteiger partial charge on any atom is 0.254 e. The van der Waals surface area contributed by atoms with E-state index in [4.69, 9.17) is 16.3 Å². The minimum absolute atomic E-state index is 0.448. The Kier molecular flexibility index (Phi) is 5.13. The van der Waals surface area contributed by atoms with Crippen LogP contribution in [0, 0.1) is 12.8 Å². The van der Waals surface area contributed by atoms with E-state index in [0.717, 1.165) is 42.6 Å². The second kappa shape index (κ2) is 7.70. The summed E-state index contributed by atoms with van der Waals surface area (Å²) in [6, 6.07) is 8.06. The number of aryl methyl sites for hydroxylation is 1. The number of methoxy groups -OCH3 is 1. The fourth-order valence-corrected chi connectivity index (χ4v) is 3.77. The second-order valence-electron chi connectivity index (χ2n) is 6.95. The zero-order valence-electron chi connectivity index (χ0n) is 15.5. The SMILES string of the molecule is COCc1cc(NCC2CCN(c3cc(Cl)ccc3C)C2)n2ncnc2n1. The Labute approximate surface area is 163 Å². The fourth-order valence-electron chi connectivity index (χ4n) is 3.60. The highest BCUT2D eigenvalue weighted by Crippen LogP contribution is 2.29. The highest BCUT2D eigenvalue weighted by molar-refractivity contribution is 6.30. The molecule has 3 heterocycles.